The van der Waals surface area contributed by atoms with E-state index >= 15 is 0 Å². The molecule has 0 spiro atoms. The third kappa shape index (κ3) is 4.97. The first kappa shape index (κ1) is 20.4. The van der Waals surface area contributed by atoms with Gasteiger partial charge in [0.2, 0.25) is 0 Å². The molecule has 1 amide bonds. The number of piperazine rings is 1. The number of aromatic nitrogens is 1. The Kier molecular flexibility index (Phi) is 6.60. The fourth-order valence-electron chi connectivity index (χ4n) is 4.10. The van der Waals surface area contributed by atoms with E-state index in [0.29, 0.717) is 12.1 Å². The molecule has 2 heterocycles. The lowest BCUT2D eigenvalue weighted by atomic mass is 10.1. The summed E-state index contributed by atoms with van der Waals surface area (Å²) in [6, 6.07) is 18.4. The minimum Gasteiger partial charge on any atom is -0.369 e. The molecule has 30 heavy (non-hydrogen) atoms. The number of unbranched alkanes of at least 4 members (excludes halogenated alkanes) is 1. The van der Waals surface area contributed by atoms with Crippen molar-refractivity contribution >= 4 is 22.5 Å². The number of benzene rings is 2. The predicted molar refractivity (Wildman–Crippen MR) is 123 cm³/mol. The highest BCUT2D eigenvalue weighted by Gasteiger charge is 2.17. The molecule has 1 aromatic heterocycles. The van der Waals surface area contributed by atoms with Crippen molar-refractivity contribution in [2.24, 2.45) is 0 Å². The highest BCUT2D eigenvalue weighted by molar-refractivity contribution is 6.05. The number of rotatable bonds is 7. The summed E-state index contributed by atoms with van der Waals surface area (Å²) in [6.45, 7) is 8.29. The Morgan fingerprint density at radius 2 is 1.80 bits per heavy atom. The van der Waals surface area contributed by atoms with Gasteiger partial charge >= 0.3 is 0 Å². The first-order valence-corrected chi connectivity index (χ1v) is 10.9. The maximum absolute atomic E-state index is 12.6. The normalized spacial score (nSPS) is 14.8. The number of nitrogens with one attached hydrogen (secondary N) is 1. The van der Waals surface area contributed by atoms with Crippen molar-refractivity contribution in [2.45, 2.75) is 19.8 Å². The van der Waals surface area contributed by atoms with E-state index in [2.05, 4.69) is 51.3 Å². The number of amides is 1. The quantitative estimate of drug-likeness (QED) is 0.610. The van der Waals surface area contributed by atoms with Crippen LogP contribution in [0.2, 0.25) is 0 Å². The van der Waals surface area contributed by atoms with Gasteiger partial charge in [-0.15, -0.1) is 0 Å². The van der Waals surface area contributed by atoms with Gasteiger partial charge in [0.05, 0.1) is 11.1 Å². The van der Waals surface area contributed by atoms with E-state index in [-0.39, 0.29) is 5.91 Å². The van der Waals surface area contributed by atoms with Crippen LogP contribution >= 0.6 is 0 Å². The zero-order valence-electron chi connectivity index (χ0n) is 17.7. The van der Waals surface area contributed by atoms with Crippen molar-refractivity contribution < 1.29 is 4.79 Å². The lowest BCUT2D eigenvalue weighted by Gasteiger charge is -2.36. The number of aryl methyl sites for hydroxylation is 1. The first-order valence-electron chi connectivity index (χ1n) is 10.9. The molecule has 0 radical (unpaired) electrons. The second kappa shape index (κ2) is 9.72. The van der Waals surface area contributed by atoms with Gasteiger partial charge in [0.15, 0.2) is 0 Å². The molecule has 5 nitrogen and oxygen atoms in total. The number of carbonyl (C=O) groups excluding carboxylic acids is 1. The van der Waals surface area contributed by atoms with E-state index in [1.54, 1.807) is 6.20 Å². The number of hydrogen-bond acceptors (Lipinski definition) is 4. The number of pyridine rings is 1. The zero-order chi connectivity index (χ0) is 20.8. The molecule has 1 aliphatic heterocycles. The second-order valence-corrected chi connectivity index (χ2v) is 8.01. The zero-order valence-corrected chi connectivity index (χ0v) is 17.7. The lowest BCUT2D eigenvalue weighted by molar-refractivity contribution is 0.0954. The van der Waals surface area contributed by atoms with Crippen molar-refractivity contribution in [3.8, 4) is 0 Å². The average molecular weight is 403 g/mol. The fourth-order valence-corrected chi connectivity index (χ4v) is 4.10. The molecule has 3 aromatic rings. The molecular weight excluding hydrogens is 372 g/mol. The Bertz CT molecular complexity index is 990. The molecule has 1 aliphatic rings. The van der Waals surface area contributed by atoms with Crippen LogP contribution in [0.1, 0.15) is 28.8 Å². The molecule has 156 valence electrons. The molecule has 0 atom stereocenters. The van der Waals surface area contributed by atoms with E-state index in [1.165, 1.54) is 11.3 Å². The van der Waals surface area contributed by atoms with Crippen LogP contribution in [0.4, 0.5) is 5.69 Å². The number of anilines is 1. The molecule has 1 fully saturated rings. The topological polar surface area (TPSA) is 48.5 Å². The Morgan fingerprint density at radius 3 is 2.63 bits per heavy atom. The standard InChI is InChI=1S/C25H30N4O/c1-20-7-4-10-22(19-20)29-17-15-28(16-18-29)14-3-2-12-27-25(30)23-11-5-8-21-9-6-13-26-24(21)23/h4-11,13,19H,2-3,12,14-18H2,1H3,(H,27,30). The number of hydrogen-bond donors (Lipinski definition) is 1. The highest BCUT2D eigenvalue weighted by Crippen LogP contribution is 2.18. The van der Waals surface area contributed by atoms with Crippen LogP contribution < -0.4 is 10.2 Å². The van der Waals surface area contributed by atoms with Gasteiger partial charge in [-0.25, -0.2) is 0 Å². The highest BCUT2D eigenvalue weighted by atomic mass is 16.1. The molecule has 0 saturated carbocycles. The summed E-state index contributed by atoms with van der Waals surface area (Å²) in [6.07, 6.45) is 3.82. The van der Waals surface area contributed by atoms with Gasteiger partial charge in [-0.2, -0.15) is 0 Å². The molecule has 0 bridgehead atoms. The molecular formula is C25H30N4O. The summed E-state index contributed by atoms with van der Waals surface area (Å²) >= 11 is 0. The van der Waals surface area contributed by atoms with Crippen LogP contribution in [0.3, 0.4) is 0 Å². The van der Waals surface area contributed by atoms with Crippen LogP contribution in [0.25, 0.3) is 10.9 Å². The molecule has 2 aromatic carbocycles. The first-order chi connectivity index (χ1) is 14.7. The number of carbonyl (C=O) groups is 1. The monoisotopic (exact) mass is 402 g/mol. The molecule has 5 heteroatoms. The third-order valence-corrected chi connectivity index (χ3v) is 5.80. The second-order valence-electron chi connectivity index (χ2n) is 8.01. The van der Waals surface area contributed by atoms with Gasteiger partial charge in [0.1, 0.15) is 0 Å². The van der Waals surface area contributed by atoms with Crippen molar-refractivity contribution in [1.82, 2.24) is 15.2 Å². The van der Waals surface area contributed by atoms with Gasteiger partial charge in [-0.05, 0) is 56.1 Å². The smallest absolute Gasteiger partial charge is 0.253 e. The van der Waals surface area contributed by atoms with Gasteiger partial charge in [-0.3, -0.25) is 14.7 Å². The fraction of sp³-hybridized carbons (Fsp3) is 0.360. The maximum Gasteiger partial charge on any atom is 0.253 e. The van der Waals surface area contributed by atoms with Gasteiger partial charge < -0.3 is 10.2 Å². The van der Waals surface area contributed by atoms with E-state index < -0.39 is 0 Å². The Morgan fingerprint density at radius 1 is 1.00 bits per heavy atom. The van der Waals surface area contributed by atoms with Gasteiger partial charge in [-0.1, -0.05) is 30.3 Å². The van der Waals surface area contributed by atoms with Crippen LogP contribution in [0.15, 0.2) is 60.8 Å². The minimum absolute atomic E-state index is 0.0360. The summed E-state index contributed by atoms with van der Waals surface area (Å²) in [7, 11) is 0. The summed E-state index contributed by atoms with van der Waals surface area (Å²) in [4.78, 5) is 21.9. The Hall–Kier alpha value is -2.92. The van der Waals surface area contributed by atoms with E-state index in [1.807, 2.05) is 30.3 Å². The molecule has 0 unspecified atom stereocenters. The van der Waals surface area contributed by atoms with Crippen LogP contribution in [-0.2, 0) is 0 Å². The van der Waals surface area contributed by atoms with Crippen LogP contribution in [-0.4, -0.2) is 55.1 Å². The van der Waals surface area contributed by atoms with Crippen molar-refractivity contribution in [3.05, 3.63) is 71.9 Å². The molecule has 1 saturated heterocycles. The lowest BCUT2D eigenvalue weighted by Crippen LogP contribution is -2.46. The Labute approximate surface area is 178 Å². The van der Waals surface area contributed by atoms with Crippen molar-refractivity contribution in [3.63, 3.8) is 0 Å². The van der Waals surface area contributed by atoms with Gasteiger partial charge in [0.25, 0.3) is 5.91 Å². The predicted octanol–water partition coefficient (Wildman–Crippen LogP) is 3.88. The summed E-state index contributed by atoms with van der Waals surface area (Å²) in [5, 5.41) is 4.05. The minimum atomic E-state index is -0.0360. The van der Waals surface area contributed by atoms with Gasteiger partial charge in [0, 0.05) is 50.0 Å². The largest absolute Gasteiger partial charge is 0.369 e. The number of fused-ring (bicyclic) bond motifs is 1. The third-order valence-electron chi connectivity index (χ3n) is 5.80. The maximum atomic E-state index is 12.6. The number of nitrogens with zero attached hydrogens (tertiary/aromatic N) is 3. The SMILES string of the molecule is Cc1cccc(N2CCN(CCCCNC(=O)c3cccc4cccnc34)CC2)c1. The van der Waals surface area contributed by atoms with Crippen molar-refractivity contribution in [1.29, 1.82) is 0 Å². The van der Waals surface area contributed by atoms with Crippen LogP contribution in [0, 0.1) is 6.92 Å². The molecule has 0 aliphatic carbocycles. The summed E-state index contributed by atoms with van der Waals surface area (Å²) in [5.41, 5.74) is 4.07. The summed E-state index contributed by atoms with van der Waals surface area (Å²) in [5.74, 6) is -0.0360. The summed E-state index contributed by atoms with van der Waals surface area (Å²) < 4.78 is 0. The molecule has 4 rings (SSSR count). The van der Waals surface area contributed by atoms with E-state index in [4.69, 9.17) is 0 Å². The van der Waals surface area contributed by atoms with Crippen LogP contribution in [0.5, 0.6) is 0 Å². The van der Waals surface area contributed by atoms with E-state index in [0.717, 1.165) is 56.5 Å². The molecule has 1 N–H and O–H groups in total. The average Bonchev–Trinajstić information content (AvgIpc) is 2.79. The van der Waals surface area contributed by atoms with Crippen molar-refractivity contribution in [2.75, 3.05) is 44.2 Å². The number of para-hydroxylation sites is 1. The van der Waals surface area contributed by atoms with E-state index in [9.17, 15) is 4.79 Å². The Balaban J connectivity index is 1.17.